The van der Waals surface area contributed by atoms with Crippen LogP contribution in [0.2, 0.25) is 0 Å². The van der Waals surface area contributed by atoms with Crippen LogP contribution in [0.4, 0.5) is 0 Å². The predicted molar refractivity (Wildman–Crippen MR) is 72.4 cm³/mol. The number of nitrogens with two attached hydrogens (primary N) is 1. The summed E-state index contributed by atoms with van der Waals surface area (Å²) in [5, 5.41) is 0. The highest BCUT2D eigenvalue weighted by Gasteiger charge is 2.19. The van der Waals surface area contributed by atoms with Gasteiger partial charge in [-0.05, 0) is 20.3 Å². The van der Waals surface area contributed by atoms with Crippen LogP contribution in [0, 0.1) is 0 Å². The van der Waals surface area contributed by atoms with Gasteiger partial charge in [-0.1, -0.05) is 13.3 Å². The Hall–Kier alpha value is -0.650. The van der Waals surface area contributed by atoms with Gasteiger partial charge < -0.3 is 20.1 Å². The normalized spacial score (nSPS) is 12.4. The highest BCUT2D eigenvalue weighted by molar-refractivity contribution is 5.81. The summed E-state index contributed by atoms with van der Waals surface area (Å²) >= 11 is 0. The summed E-state index contributed by atoms with van der Waals surface area (Å²) in [5.41, 5.74) is 5.86. The van der Waals surface area contributed by atoms with Crippen LogP contribution in [0.3, 0.4) is 0 Å². The van der Waals surface area contributed by atoms with Crippen LogP contribution in [0.15, 0.2) is 0 Å². The first kappa shape index (κ1) is 17.4. The molecule has 1 atom stereocenters. The first-order valence-electron chi connectivity index (χ1n) is 6.87. The Kier molecular flexibility index (Phi) is 11.0. The molecule has 0 radical (unpaired) electrons. The lowest BCUT2D eigenvalue weighted by molar-refractivity contribution is -0.134. The second-order valence-electron chi connectivity index (χ2n) is 4.11. The lowest BCUT2D eigenvalue weighted by Gasteiger charge is -2.25. The molecule has 0 rings (SSSR count). The Labute approximate surface area is 111 Å². The lowest BCUT2D eigenvalue weighted by Crippen LogP contribution is -2.46. The molecule has 0 aromatic heterocycles. The molecule has 108 valence electrons. The molecule has 18 heavy (non-hydrogen) atoms. The van der Waals surface area contributed by atoms with Crippen LogP contribution in [-0.4, -0.2) is 56.4 Å². The van der Waals surface area contributed by atoms with Gasteiger partial charge >= 0.3 is 0 Å². The van der Waals surface area contributed by atoms with Crippen molar-refractivity contribution < 1.29 is 14.3 Å². The third-order valence-electron chi connectivity index (χ3n) is 2.65. The zero-order valence-corrected chi connectivity index (χ0v) is 12.0. The molecule has 0 aromatic rings. The molecule has 1 amide bonds. The summed E-state index contributed by atoms with van der Waals surface area (Å²) < 4.78 is 10.6. The van der Waals surface area contributed by atoms with E-state index in [2.05, 4.69) is 0 Å². The smallest absolute Gasteiger partial charge is 0.239 e. The highest BCUT2D eigenvalue weighted by atomic mass is 16.5. The largest absolute Gasteiger partial charge is 0.380 e. The van der Waals surface area contributed by atoms with Crippen molar-refractivity contribution >= 4 is 5.91 Å². The Morgan fingerprint density at radius 2 is 1.61 bits per heavy atom. The van der Waals surface area contributed by atoms with Crippen molar-refractivity contribution in [1.82, 2.24) is 4.90 Å². The van der Waals surface area contributed by atoms with Gasteiger partial charge in [0.25, 0.3) is 0 Å². The van der Waals surface area contributed by atoms with Gasteiger partial charge in [0.15, 0.2) is 0 Å². The Morgan fingerprint density at radius 1 is 1.11 bits per heavy atom. The van der Waals surface area contributed by atoms with Gasteiger partial charge in [0.05, 0.1) is 19.3 Å². The standard InChI is InChI=1S/C13H28N2O3/c1-4-7-12(14)13(16)15(8-10-17-5-2)9-11-18-6-3/h12H,4-11,14H2,1-3H3/t12-/m1/s1. The lowest BCUT2D eigenvalue weighted by atomic mass is 10.1. The average molecular weight is 260 g/mol. The second kappa shape index (κ2) is 11.4. The van der Waals surface area contributed by atoms with E-state index in [1.54, 1.807) is 4.90 Å². The van der Waals surface area contributed by atoms with E-state index in [4.69, 9.17) is 15.2 Å². The van der Waals surface area contributed by atoms with Crippen molar-refractivity contribution in [3.05, 3.63) is 0 Å². The monoisotopic (exact) mass is 260 g/mol. The molecule has 0 aliphatic rings. The van der Waals surface area contributed by atoms with Crippen molar-refractivity contribution in [2.75, 3.05) is 39.5 Å². The fourth-order valence-corrected chi connectivity index (χ4v) is 1.64. The third kappa shape index (κ3) is 7.63. The Bertz CT molecular complexity index is 202. The number of ether oxygens (including phenoxy) is 2. The topological polar surface area (TPSA) is 64.8 Å². The summed E-state index contributed by atoms with van der Waals surface area (Å²) in [4.78, 5) is 13.9. The van der Waals surface area contributed by atoms with Gasteiger partial charge in [0, 0.05) is 26.3 Å². The van der Waals surface area contributed by atoms with E-state index in [0.717, 1.165) is 12.8 Å². The fourth-order valence-electron chi connectivity index (χ4n) is 1.64. The van der Waals surface area contributed by atoms with Gasteiger partial charge in [-0.2, -0.15) is 0 Å². The Balaban J connectivity index is 4.19. The molecule has 2 N–H and O–H groups in total. The number of nitrogens with zero attached hydrogens (tertiary/aromatic N) is 1. The van der Waals surface area contributed by atoms with Gasteiger partial charge in [0.1, 0.15) is 0 Å². The van der Waals surface area contributed by atoms with Crippen LogP contribution in [0.1, 0.15) is 33.6 Å². The molecule has 0 fully saturated rings. The molecule has 0 aromatic carbocycles. The minimum Gasteiger partial charge on any atom is -0.380 e. The van der Waals surface area contributed by atoms with Crippen molar-refractivity contribution in [2.45, 2.75) is 39.7 Å². The van der Waals surface area contributed by atoms with E-state index in [-0.39, 0.29) is 5.91 Å². The van der Waals surface area contributed by atoms with Crippen molar-refractivity contribution in [1.29, 1.82) is 0 Å². The number of amides is 1. The molecule has 0 saturated heterocycles. The van der Waals surface area contributed by atoms with E-state index in [0.29, 0.717) is 39.5 Å². The van der Waals surface area contributed by atoms with E-state index in [1.165, 1.54) is 0 Å². The van der Waals surface area contributed by atoms with Crippen molar-refractivity contribution in [3.8, 4) is 0 Å². The van der Waals surface area contributed by atoms with E-state index in [9.17, 15) is 4.79 Å². The summed E-state index contributed by atoms with van der Waals surface area (Å²) in [6, 6.07) is -0.404. The van der Waals surface area contributed by atoms with Crippen molar-refractivity contribution in [3.63, 3.8) is 0 Å². The maximum atomic E-state index is 12.1. The first-order valence-corrected chi connectivity index (χ1v) is 6.87. The Morgan fingerprint density at radius 3 is 2.00 bits per heavy atom. The molecule has 0 unspecified atom stereocenters. The first-order chi connectivity index (χ1) is 8.67. The molecule has 5 heteroatoms. The van der Waals surface area contributed by atoms with Crippen LogP contribution >= 0.6 is 0 Å². The van der Waals surface area contributed by atoms with E-state index >= 15 is 0 Å². The second-order valence-corrected chi connectivity index (χ2v) is 4.11. The third-order valence-corrected chi connectivity index (χ3v) is 2.65. The summed E-state index contributed by atoms with van der Waals surface area (Å²) in [6.07, 6.45) is 1.64. The molecule has 0 aliphatic carbocycles. The molecular weight excluding hydrogens is 232 g/mol. The molecule has 0 bridgehead atoms. The maximum absolute atomic E-state index is 12.1. The summed E-state index contributed by atoms with van der Waals surface area (Å²) in [6.45, 7) is 9.49. The number of rotatable bonds is 11. The minimum absolute atomic E-state index is 0.00347. The molecule has 0 heterocycles. The van der Waals surface area contributed by atoms with E-state index in [1.807, 2.05) is 20.8 Å². The van der Waals surface area contributed by atoms with Gasteiger partial charge in [-0.15, -0.1) is 0 Å². The molecule has 0 spiro atoms. The molecular formula is C13H28N2O3. The zero-order valence-electron chi connectivity index (χ0n) is 12.0. The van der Waals surface area contributed by atoms with Crippen molar-refractivity contribution in [2.24, 2.45) is 5.73 Å². The summed E-state index contributed by atoms with van der Waals surface area (Å²) in [5.74, 6) is -0.00347. The SMILES string of the molecule is CCC[C@@H](N)C(=O)N(CCOCC)CCOCC. The highest BCUT2D eigenvalue weighted by Crippen LogP contribution is 2.00. The van der Waals surface area contributed by atoms with Gasteiger partial charge in [-0.3, -0.25) is 4.79 Å². The summed E-state index contributed by atoms with van der Waals surface area (Å²) in [7, 11) is 0. The molecule has 5 nitrogen and oxygen atoms in total. The quantitative estimate of drug-likeness (QED) is 0.563. The van der Waals surface area contributed by atoms with Crippen LogP contribution in [0.25, 0.3) is 0 Å². The molecule has 0 saturated carbocycles. The number of hydrogen-bond donors (Lipinski definition) is 1. The molecule has 0 aliphatic heterocycles. The average Bonchev–Trinajstić information content (AvgIpc) is 2.37. The number of hydrogen-bond acceptors (Lipinski definition) is 4. The van der Waals surface area contributed by atoms with E-state index < -0.39 is 6.04 Å². The maximum Gasteiger partial charge on any atom is 0.239 e. The fraction of sp³-hybridized carbons (Fsp3) is 0.923. The number of carbonyl (C=O) groups is 1. The van der Waals surface area contributed by atoms with Gasteiger partial charge in [-0.25, -0.2) is 0 Å². The predicted octanol–water partition coefficient (Wildman–Crippen LogP) is 1.02. The number of carbonyl (C=O) groups excluding carboxylic acids is 1. The van der Waals surface area contributed by atoms with Crippen LogP contribution in [0.5, 0.6) is 0 Å². The zero-order chi connectivity index (χ0) is 13.8. The van der Waals surface area contributed by atoms with Crippen LogP contribution < -0.4 is 5.73 Å². The van der Waals surface area contributed by atoms with Gasteiger partial charge in [0.2, 0.25) is 5.91 Å². The minimum atomic E-state index is -0.404. The van der Waals surface area contributed by atoms with Crippen LogP contribution in [-0.2, 0) is 14.3 Å².